The van der Waals surface area contributed by atoms with E-state index in [2.05, 4.69) is 15.4 Å². The van der Waals surface area contributed by atoms with E-state index < -0.39 is 9.84 Å². The third-order valence-corrected chi connectivity index (χ3v) is 4.73. The number of rotatable bonds is 2. The van der Waals surface area contributed by atoms with Crippen LogP contribution in [-0.4, -0.2) is 42.5 Å². The average molecular weight is 271 g/mol. The Balaban J connectivity index is 2.29. The second kappa shape index (κ2) is 4.69. The standard InChI is InChI=1S/C10H17N5O2S/c1-7-6-18(16,17)4-3-15(7)10-5-9(14-11)12-8(2)13-10/h5,7H,3-4,6,11H2,1-2H3,(H,12,13,14). The first kappa shape index (κ1) is 13.0. The van der Waals surface area contributed by atoms with Gasteiger partial charge in [0.1, 0.15) is 17.5 Å². The lowest BCUT2D eigenvalue weighted by molar-refractivity contribution is 0.566. The minimum Gasteiger partial charge on any atom is -0.352 e. The van der Waals surface area contributed by atoms with Crippen molar-refractivity contribution in [3.05, 3.63) is 11.9 Å². The van der Waals surface area contributed by atoms with Crippen LogP contribution in [0.15, 0.2) is 6.07 Å². The zero-order valence-electron chi connectivity index (χ0n) is 10.4. The summed E-state index contributed by atoms with van der Waals surface area (Å²) < 4.78 is 23.1. The van der Waals surface area contributed by atoms with E-state index in [0.29, 0.717) is 24.0 Å². The maximum atomic E-state index is 11.5. The van der Waals surface area contributed by atoms with Crippen LogP contribution < -0.4 is 16.2 Å². The molecule has 1 atom stereocenters. The van der Waals surface area contributed by atoms with Gasteiger partial charge in [0.25, 0.3) is 0 Å². The number of aryl methyl sites for hydroxylation is 1. The Labute approximate surface area is 106 Å². The minimum atomic E-state index is -2.92. The van der Waals surface area contributed by atoms with Crippen LogP contribution >= 0.6 is 0 Å². The molecule has 0 aromatic carbocycles. The van der Waals surface area contributed by atoms with Crippen LogP contribution in [0.25, 0.3) is 0 Å². The number of hydrogen-bond donors (Lipinski definition) is 2. The van der Waals surface area contributed by atoms with Crippen LogP contribution in [0, 0.1) is 6.92 Å². The van der Waals surface area contributed by atoms with E-state index in [4.69, 9.17) is 5.84 Å². The highest BCUT2D eigenvalue weighted by molar-refractivity contribution is 7.91. The maximum absolute atomic E-state index is 11.5. The number of aromatic nitrogens is 2. The third kappa shape index (κ3) is 2.70. The molecule has 1 aliphatic heterocycles. The van der Waals surface area contributed by atoms with Gasteiger partial charge in [-0.1, -0.05) is 0 Å². The third-order valence-electron chi connectivity index (χ3n) is 2.94. The Bertz CT molecular complexity index is 545. The summed E-state index contributed by atoms with van der Waals surface area (Å²) in [6, 6.07) is 1.63. The normalized spacial score (nSPS) is 22.8. The summed E-state index contributed by atoms with van der Waals surface area (Å²) in [7, 11) is -2.92. The van der Waals surface area contributed by atoms with E-state index in [1.165, 1.54) is 0 Å². The topological polar surface area (TPSA) is 101 Å². The van der Waals surface area contributed by atoms with Gasteiger partial charge in [-0.2, -0.15) is 0 Å². The van der Waals surface area contributed by atoms with Crippen molar-refractivity contribution in [2.75, 3.05) is 28.4 Å². The second-order valence-electron chi connectivity index (χ2n) is 4.46. The molecule has 1 saturated heterocycles. The van der Waals surface area contributed by atoms with Crippen LogP contribution in [-0.2, 0) is 9.84 Å². The van der Waals surface area contributed by atoms with Gasteiger partial charge in [0.2, 0.25) is 0 Å². The fourth-order valence-electron chi connectivity index (χ4n) is 2.11. The summed E-state index contributed by atoms with van der Waals surface area (Å²) >= 11 is 0. The van der Waals surface area contributed by atoms with E-state index in [1.807, 2.05) is 11.8 Å². The predicted molar refractivity (Wildman–Crippen MR) is 70.0 cm³/mol. The number of hydrazine groups is 1. The van der Waals surface area contributed by atoms with Crippen LogP contribution in [0.3, 0.4) is 0 Å². The van der Waals surface area contributed by atoms with E-state index in [-0.39, 0.29) is 17.5 Å². The molecular formula is C10H17N5O2S. The molecule has 1 aromatic rings. The fourth-order valence-corrected chi connectivity index (χ4v) is 3.67. The van der Waals surface area contributed by atoms with Crippen molar-refractivity contribution in [1.29, 1.82) is 0 Å². The van der Waals surface area contributed by atoms with Gasteiger partial charge in [0.05, 0.1) is 11.5 Å². The zero-order chi connectivity index (χ0) is 13.3. The number of hydrogen-bond acceptors (Lipinski definition) is 7. The first-order valence-corrected chi connectivity index (χ1v) is 7.53. The molecule has 0 radical (unpaired) electrons. The Hall–Kier alpha value is -1.41. The molecule has 8 heteroatoms. The molecule has 0 spiro atoms. The lowest BCUT2D eigenvalue weighted by atomic mass is 10.3. The highest BCUT2D eigenvalue weighted by Gasteiger charge is 2.29. The Morgan fingerprint density at radius 2 is 2.22 bits per heavy atom. The molecule has 1 aliphatic rings. The summed E-state index contributed by atoms with van der Waals surface area (Å²) in [4.78, 5) is 10.4. The van der Waals surface area contributed by atoms with Gasteiger partial charge in [-0.25, -0.2) is 24.2 Å². The van der Waals surface area contributed by atoms with Crippen molar-refractivity contribution in [2.24, 2.45) is 5.84 Å². The molecule has 2 heterocycles. The lowest BCUT2D eigenvalue weighted by Crippen LogP contribution is -2.47. The van der Waals surface area contributed by atoms with Gasteiger partial charge >= 0.3 is 0 Å². The summed E-state index contributed by atoms with van der Waals surface area (Å²) in [6.45, 7) is 4.10. The van der Waals surface area contributed by atoms with Crippen molar-refractivity contribution in [2.45, 2.75) is 19.9 Å². The second-order valence-corrected chi connectivity index (χ2v) is 6.69. The molecule has 7 nitrogen and oxygen atoms in total. The number of nitrogens with two attached hydrogens (primary N) is 1. The van der Waals surface area contributed by atoms with E-state index in [9.17, 15) is 8.42 Å². The highest BCUT2D eigenvalue weighted by atomic mass is 32.2. The predicted octanol–water partition coefficient (Wildman–Crippen LogP) is -0.306. The van der Waals surface area contributed by atoms with Crippen LogP contribution in [0.2, 0.25) is 0 Å². The minimum absolute atomic E-state index is 0.0938. The van der Waals surface area contributed by atoms with Crippen LogP contribution in [0.4, 0.5) is 11.6 Å². The molecule has 0 amide bonds. The number of nitrogens with one attached hydrogen (secondary N) is 1. The largest absolute Gasteiger partial charge is 0.352 e. The molecular weight excluding hydrogens is 254 g/mol. The maximum Gasteiger partial charge on any atom is 0.154 e. The Kier molecular flexibility index (Phi) is 3.40. The van der Waals surface area contributed by atoms with Crippen LogP contribution in [0.1, 0.15) is 12.7 Å². The number of nitrogen functional groups attached to an aromatic ring is 1. The van der Waals surface area contributed by atoms with E-state index in [0.717, 1.165) is 0 Å². The summed E-state index contributed by atoms with van der Waals surface area (Å²) in [5.74, 6) is 7.48. The van der Waals surface area contributed by atoms with E-state index in [1.54, 1.807) is 13.0 Å². The highest BCUT2D eigenvalue weighted by Crippen LogP contribution is 2.21. The fraction of sp³-hybridized carbons (Fsp3) is 0.600. The quantitative estimate of drug-likeness (QED) is 0.562. The van der Waals surface area contributed by atoms with E-state index >= 15 is 0 Å². The van der Waals surface area contributed by atoms with Crippen molar-refractivity contribution in [1.82, 2.24) is 9.97 Å². The van der Waals surface area contributed by atoms with Crippen molar-refractivity contribution < 1.29 is 8.42 Å². The molecule has 2 rings (SSSR count). The lowest BCUT2D eigenvalue weighted by Gasteiger charge is -2.34. The molecule has 1 unspecified atom stereocenters. The summed E-state index contributed by atoms with van der Waals surface area (Å²) in [5, 5.41) is 0. The SMILES string of the molecule is Cc1nc(NN)cc(N2CCS(=O)(=O)CC2C)n1. The van der Waals surface area contributed by atoms with Crippen molar-refractivity contribution >= 4 is 21.5 Å². The number of nitrogens with zero attached hydrogens (tertiary/aromatic N) is 3. The zero-order valence-corrected chi connectivity index (χ0v) is 11.2. The van der Waals surface area contributed by atoms with Gasteiger partial charge in [-0.05, 0) is 13.8 Å². The van der Waals surface area contributed by atoms with Gasteiger partial charge < -0.3 is 10.3 Å². The summed E-state index contributed by atoms with van der Waals surface area (Å²) in [6.07, 6.45) is 0. The first-order chi connectivity index (χ1) is 8.41. The molecule has 1 aromatic heterocycles. The van der Waals surface area contributed by atoms with Gasteiger partial charge in [-0.3, -0.25) is 0 Å². The number of sulfone groups is 1. The van der Waals surface area contributed by atoms with Gasteiger partial charge in [0, 0.05) is 18.7 Å². The van der Waals surface area contributed by atoms with Crippen molar-refractivity contribution in [3.63, 3.8) is 0 Å². The Morgan fingerprint density at radius 1 is 1.50 bits per heavy atom. The monoisotopic (exact) mass is 271 g/mol. The molecule has 100 valence electrons. The summed E-state index contributed by atoms with van der Waals surface area (Å²) in [5.41, 5.74) is 2.48. The van der Waals surface area contributed by atoms with Gasteiger partial charge in [-0.15, -0.1) is 0 Å². The first-order valence-electron chi connectivity index (χ1n) is 5.70. The average Bonchev–Trinajstić information content (AvgIpc) is 2.26. The van der Waals surface area contributed by atoms with Crippen molar-refractivity contribution in [3.8, 4) is 0 Å². The van der Waals surface area contributed by atoms with Crippen LogP contribution in [0.5, 0.6) is 0 Å². The number of anilines is 2. The molecule has 0 aliphatic carbocycles. The molecule has 3 N–H and O–H groups in total. The Morgan fingerprint density at radius 3 is 2.83 bits per heavy atom. The molecule has 0 bridgehead atoms. The molecule has 0 saturated carbocycles. The smallest absolute Gasteiger partial charge is 0.154 e. The molecule has 18 heavy (non-hydrogen) atoms. The molecule has 1 fully saturated rings. The van der Waals surface area contributed by atoms with Gasteiger partial charge in [0.15, 0.2) is 9.84 Å².